The van der Waals surface area contributed by atoms with Gasteiger partial charge in [0.2, 0.25) is 0 Å². The number of phosphoric ester groups is 1. The van der Waals surface area contributed by atoms with Crippen molar-refractivity contribution in [3.63, 3.8) is 0 Å². The monoisotopic (exact) mass is 764 g/mol. The van der Waals surface area contributed by atoms with Gasteiger partial charge in [-0.05, 0) is 19.3 Å². The van der Waals surface area contributed by atoms with Gasteiger partial charge in [-0.25, -0.2) is 4.57 Å². The first-order valence-electron chi connectivity index (χ1n) is 22.5. The van der Waals surface area contributed by atoms with Crippen molar-refractivity contribution in [3.8, 4) is 0 Å². The van der Waals surface area contributed by atoms with Gasteiger partial charge in [-0.2, -0.15) is 0 Å². The summed E-state index contributed by atoms with van der Waals surface area (Å²) in [6.45, 7) is 5.05. The van der Waals surface area contributed by atoms with E-state index in [-0.39, 0.29) is 26.0 Å². The molecule has 0 aromatic rings. The van der Waals surface area contributed by atoms with Gasteiger partial charge >= 0.3 is 7.82 Å². The molecule has 0 saturated carbocycles. The van der Waals surface area contributed by atoms with Crippen LogP contribution >= 0.6 is 7.82 Å². The quantitative estimate of drug-likeness (QED) is 0.0233. The number of phosphoric acid groups is 1. The zero-order valence-electron chi connectivity index (χ0n) is 34.4. The van der Waals surface area contributed by atoms with E-state index >= 15 is 0 Å². The van der Waals surface area contributed by atoms with E-state index in [4.69, 9.17) is 29.5 Å². The number of hydrogen-bond donors (Lipinski definition) is 5. The summed E-state index contributed by atoms with van der Waals surface area (Å²) in [4.78, 5) is 0. The van der Waals surface area contributed by atoms with Crippen molar-refractivity contribution in [2.75, 3.05) is 52.7 Å². The van der Waals surface area contributed by atoms with E-state index in [2.05, 4.69) is 17.6 Å². The second-order valence-corrected chi connectivity index (χ2v) is 16.7. The summed E-state index contributed by atoms with van der Waals surface area (Å²) in [7, 11) is -3.53. The number of nitrogens with two attached hydrogens (primary N) is 1. The Balaban J connectivity index is 3.60. The lowest BCUT2D eigenvalue weighted by molar-refractivity contribution is 0.112. The Labute approximate surface area is 323 Å². The number of nitrogens with one attached hydrogen (secondary N) is 2. The number of hydrogen-bond acceptors (Lipinski definition) is 9. The summed E-state index contributed by atoms with van der Waals surface area (Å²) in [6, 6.07) is 0. The van der Waals surface area contributed by atoms with E-state index < -0.39 is 7.82 Å². The molecule has 0 aliphatic heterocycles. The van der Waals surface area contributed by atoms with E-state index in [9.17, 15) is 4.57 Å². The predicted molar refractivity (Wildman–Crippen MR) is 222 cm³/mol. The van der Waals surface area contributed by atoms with Crippen LogP contribution in [0.3, 0.4) is 0 Å². The summed E-state index contributed by atoms with van der Waals surface area (Å²) < 4.78 is 29.8. The van der Waals surface area contributed by atoms with Crippen LogP contribution in [-0.4, -0.2) is 69.0 Å². The van der Waals surface area contributed by atoms with Crippen LogP contribution in [-0.2, 0) is 18.1 Å². The molecular formula is C42H90N3O6P. The van der Waals surface area contributed by atoms with Crippen LogP contribution in [0, 0.1) is 0 Å². The van der Waals surface area contributed by atoms with Crippen LogP contribution in [0.5, 0.6) is 0 Å². The maximum atomic E-state index is 13.0. The topological polar surface area (TPSA) is 135 Å². The minimum Gasteiger partial charge on any atom is -0.395 e. The van der Waals surface area contributed by atoms with Crippen molar-refractivity contribution in [2.24, 2.45) is 5.73 Å². The molecule has 0 bridgehead atoms. The Kier molecular flexibility index (Phi) is 43.6. The number of aliphatic hydroxyl groups excluding tert-OH is 2. The molecule has 6 N–H and O–H groups in total. The van der Waals surface area contributed by atoms with Gasteiger partial charge in [0.1, 0.15) is 0 Å². The number of aliphatic hydroxyl groups is 2. The molecule has 0 fully saturated rings. The van der Waals surface area contributed by atoms with Crippen molar-refractivity contribution in [1.82, 2.24) is 10.6 Å². The molecule has 0 heterocycles. The lowest BCUT2D eigenvalue weighted by Gasteiger charge is -2.19. The number of rotatable bonds is 46. The minimum absolute atomic E-state index is 0.141. The Bertz CT molecular complexity index is 715. The molecule has 0 spiro atoms. The van der Waals surface area contributed by atoms with Crippen molar-refractivity contribution in [1.29, 1.82) is 0 Å². The summed E-state index contributed by atoms with van der Waals surface area (Å²) >= 11 is 0. The van der Waals surface area contributed by atoms with Gasteiger partial charge in [-0.3, -0.25) is 24.2 Å². The molecule has 0 rings (SSSR count). The van der Waals surface area contributed by atoms with Crippen LogP contribution < -0.4 is 16.4 Å². The molecule has 0 radical (unpaired) electrons. The fourth-order valence-corrected chi connectivity index (χ4v) is 8.04. The van der Waals surface area contributed by atoms with Crippen LogP contribution in [0.25, 0.3) is 0 Å². The maximum absolute atomic E-state index is 13.0. The molecule has 0 aliphatic rings. The third-order valence-corrected chi connectivity index (χ3v) is 11.5. The standard InChI is InChI=1S/C42H90N3O6P/c1-2-3-4-5-6-7-8-9-10-13-16-19-22-25-28-31-39-49-52(48,51-41-34-43)50-40-32-29-26-23-20-17-14-11-12-15-18-21-24-27-30-33-42(44-35-37-46)45-36-38-47/h42,44-47H,2-41,43H2,1H3. The summed E-state index contributed by atoms with van der Waals surface area (Å²) in [6.07, 6.45) is 41.2. The molecule has 0 aromatic heterocycles. The Hall–Kier alpha value is -0.0900. The van der Waals surface area contributed by atoms with Gasteiger partial charge in [-0.15, -0.1) is 0 Å². The highest BCUT2D eigenvalue weighted by atomic mass is 31.2. The van der Waals surface area contributed by atoms with Crippen molar-refractivity contribution >= 4 is 7.82 Å². The smallest absolute Gasteiger partial charge is 0.395 e. The van der Waals surface area contributed by atoms with Gasteiger partial charge in [0.05, 0.1) is 39.2 Å². The Morgan fingerprint density at radius 3 is 1.06 bits per heavy atom. The van der Waals surface area contributed by atoms with Crippen molar-refractivity contribution in [3.05, 3.63) is 0 Å². The van der Waals surface area contributed by atoms with Crippen molar-refractivity contribution < 1.29 is 28.3 Å². The van der Waals surface area contributed by atoms with Gasteiger partial charge in [-0.1, -0.05) is 193 Å². The Morgan fingerprint density at radius 2 is 0.750 bits per heavy atom. The second-order valence-electron chi connectivity index (χ2n) is 15.0. The largest absolute Gasteiger partial charge is 0.474 e. The van der Waals surface area contributed by atoms with Gasteiger partial charge in [0, 0.05) is 19.6 Å². The minimum atomic E-state index is -3.53. The van der Waals surface area contributed by atoms with Crippen LogP contribution in [0.4, 0.5) is 0 Å². The van der Waals surface area contributed by atoms with E-state index in [0.29, 0.717) is 32.8 Å². The highest BCUT2D eigenvalue weighted by Crippen LogP contribution is 2.49. The SMILES string of the molecule is CCCCCCCCCCCCCCCCCCOP(=O)(OCCN)OCCCCCCCCCCCCCCCCCC(NCCO)NCCO. The van der Waals surface area contributed by atoms with E-state index in [1.165, 1.54) is 173 Å². The lowest BCUT2D eigenvalue weighted by atomic mass is 10.0. The van der Waals surface area contributed by atoms with E-state index in [1.54, 1.807) is 0 Å². The normalized spacial score (nSPS) is 13.0. The molecule has 0 aliphatic carbocycles. The number of unbranched alkanes of at least 4 members (excludes halogenated alkanes) is 29. The van der Waals surface area contributed by atoms with Gasteiger partial charge < -0.3 is 15.9 Å². The molecular weight excluding hydrogens is 673 g/mol. The zero-order chi connectivity index (χ0) is 37.9. The van der Waals surface area contributed by atoms with Crippen LogP contribution in [0.1, 0.15) is 212 Å². The van der Waals surface area contributed by atoms with E-state index in [0.717, 1.165) is 32.1 Å². The molecule has 0 aromatic carbocycles. The maximum Gasteiger partial charge on any atom is 0.474 e. The van der Waals surface area contributed by atoms with Crippen LogP contribution in [0.15, 0.2) is 0 Å². The molecule has 0 amide bonds. The lowest BCUT2D eigenvalue weighted by Crippen LogP contribution is -2.44. The van der Waals surface area contributed by atoms with Crippen LogP contribution in [0.2, 0.25) is 0 Å². The highest BCUT2D eigenvalue weighted by Gasteiger charge is 2.26. The second kappa shape index (κ2) is 43.6. The van der Waals surface area contributed by atoms with Crippen molar-refractivity contribution in [2.45, 2.75) is 219 Å². The third-order valence-electron chi connectivity index (χ3n) is 10.0. The zero-order valence-corrected chi connectivity index (χ0v) is 35.3. The molecule has 52 heavy (non-hydrogen) atoms. The Morgan fingerprint density at radius 1 is 0.462 bits per heavy atom. The van der Waals surface area contributed by atoms with Gasteiger partial charge in [0.25, 0.3) is 0 Å². The average molecular weight is 764 g/mol. The first-order valence-corrected chi connectivity index (χ1v) is 24.0. The first kappa shape index (κ1) is 51.9. The average Bonchev–Trinajstić information content (AvgIpc) is 3.15. The molecule has 0 saturated heterocycles. The highest BCUT2D eigenvalue weighted by molar-refractivity contribution is 7.48. The molecule has 1 atom stereocenters. The summed E-state index contributed by atoms with van der Waals surface area (Å²) in [5.74, 6) is 0. The molecule has 10 heteroatoms. The molecule has 314 valence electrons. The van der Waals surface area contributed by atoms with E-state index in [1.807, 2.05) is 0 Å². The fraction of sp³-hybridized carbons (Fsp3) is 1.00. The molecule has 9 nitrogen and oxygen atoms in total. The summed E-state index contributed by atoms with van der Waals surface area (Å²) in [5.41, 5.74) is 5.58. The third kappa shape index (κ3) is 39.6. The van der Waals surface area contributed by atoms with Gasteiger partial charge in [0.15, 0.2) is 0 Å². The first-order chi connectivity index (χ1) is 25.6. The summed E-state index contributed by atoms with van der Waals surface area (Å²) in [5, 5.41) is 24.6. The predicted octanol–water partition coefficient (Wildman–Crippen LogP) is 11.1. The fourth-order valence-electron chi connectivity index (χ4n) is 6.78. The molecule has 1 unspecified atom stereocenters.